The maximum absolute atomic E-state index is 12.5. The summed E-state index contributed by atoms with van der Waals surface area (Å²) in [5.41, 5.74) is 0.394. The summed E-state index contributed by atoms with van der Waals surface area (Å²) in [6.07, 6.45) is 1.98. The van der Waals surface area contributed by atoms with Crippen LogP contribution in [0.15, 0.2) is 24.3 Å². The number of likely N-dealkylation sites (N-methyl/N-ethyl adjacent to an activating group) is 1. The number of piperidine rings is 1. The van der Waals surface area contributed by atoms with Gasteiger partial charge >= 0.3 is 6.03 Å². The predicted molar refractivity (Wildman–Crippen MR) is 95.5 cm³/mol. The smallest absolute Gasteiger partial charge is 0.324 e. The molecule has 3 amide bonds. The molecule has 0 spiro atoms. The van der Waals surface area contributed by atoms with Crippen LogP contribution < -0.4 is 10.1 Å². The Bertz CT molecular complexity index is 663. The Balaban J connectivity index is 1.55. The van der Waals surface area contributed by atoms with E-state index in [0.717, 1.165) is 38.2 Å². The van der Waals surface area contributed by atoms with Crippen molar-refractivity contribution in [1.29, 1.82) is 0 Å². The highest BCUT2D eigenvalue weighted by Crippen LogP contribution is 2.31. The Morgan fingerprint density at radius 2 is 2.16 bits per heavy atom. The second kappa shape index (κ2) is 7.04. The molecule has 2 heterocycles. The molecule has 6 nitrogen and oxygen atoms in total. The van der Waals surface area contributed by atoms with Crippen molar-refractivity contribution in [1.82, 2.24) is 15.1 Å². The van der Waals surface area contributed by atoms with Crippen LogP contribution in [0.1, 0.15) is 25.3 Å². The number of benzene rings is 1. The molecule has 2 aliphatic heterocycles. The second-order valence-electron chi connectivity index (χ2n) is 7.30. The molecule has 2 atom stereocenters. The minimum absolute atomic E-state index is 0.125. The Kier molecular flexibility index (Phi) is 4.99. The molecule has 25 heavy (non-hydrogen) atoms. The van der Waals surface area contributed by atoms with Crippen molar-refractivity contribution in [3.8, 4) is 5.75 Å². The fourth-order valence-electron chi connectivity index (χ4n) is 3.80. The van der Waals surface area contributed by atoms with Crippen molar-refractivity contribution in [2.75, 3.05) is 33.3 Å². The van der Waals surface area contributed by atoms with Crippen molar-refractivity contribution in [2.24, 2.45) is 5.92 Å². The summed E-state index contributed by atoms with van der Waals surface area (Å²) in [6.45, 7) is 7.14. The van der Waals surface area contributed by atoms with Crippen molar-refractivity contribution in [3.05, 3.63) is 29.8 Å². The molecule has 2 fully saturated rings. The normalized spacial score (nSPS) is 27.5. The van der Waals surface area contributed by atoms with Gasteiger partial charge in [0.2, 0.25) is 0 Å². The number of amides is 3. The Morgan fingerprint density at radius 1 is 1.36 bits per heavy atom. The molecule has 1 aromatic rings. The molecule has 0 aromatic heterocycles. The first-order chi connectivity index (χ1) is 11.9. The first-order valence-corrected chi connectivity index (χ1v) is 8.92. The topological polar surface area (TPSA) is 61.9 Å². The SMILES string of the molecule is Cc1cccc(OCCN2CCC[C@@H]([C@@]3(C)NC(=O)N(C)C3=O)C2)c1. The van der Waals surface area contributed by atoms with Gasteiger partial charge in [-0.1, -0.05) is 12.1 Å². The third-order valence-corrected chi connectivity index (χ3v) is 5.41. The van der Waals surface area contributed by atoms with Crippen LogP contribution in [0.2, 0.25) is 0 Å². The van der Waals surface area contributed by atoms with E-state index in [1.165, 1.54) is 10.5 Å². The molecule has 6 heteroatoms. The number of ether oxygens (including phenoxy) is 1. The third kappa shape index (κ3) is 3.63. The zero-order chi connectivity index (χ0) is 18.0. The number of carbonyl (C=O) groups excluding carboxylic acids is 2. The number of rotatable bonds is 5. The van der Waals surface area contributed by atoms with Gasteiger partial charge in [-0.15, -0.1) is 0 Å². The maximum Gasteiger partial charge on any atom is 0.324 e. The number of hydrogen-bond acceptors (Lipinski definition) is 4. The Labute approximate surface area is 149 Å². The van der Waals surface area contributed by atoms with Gasteiger partial charge in [0.25, 0.3) is 5.91 Å². The van der Waals surface area contributed by atoms with Gasteiger partial charge in [0.1, 0.15) is 17.9 Å². The fraction of sp³-hybridized carbons (Fsp3) is 0.579. The number of likely N-dealkylation sites (tertiary alicyclic amines) is 1. The van der Waals surface area contributed by atoms with Crippen molar-refractivity contribution in [2.45, 2.75) is 32.2 Å². The molecule has 0 aliphatic carbocycles. The largest absolute Gasteiger partial charge is 0.492 e. The summed E-state index contributed by atoms with van der Waals surface area (Å²) in [7, 11) is 1.54. The third-order valence-electron chi connectivity index (χ3n) is 5.41. The van der Waals surface area contributed by atoms with E-state index in [9.17, 15) is 9.59 Å². The van der Waals surface area contributed by atoms with E-state index in [0.29, 0.717) is 6.61 Å². The molecular formula is C19H27N3O3. The molecule has 2 aliphatic rings. The summed E-state index contributed by atoms with van der Waals surface area (Å²) in [5.74, 6) is 0.891. The standard InChI is InChI=1S/C19H27N3O3/c1-14-6-4-8-16(12-14)25-11-10-22-9-5-7-15(13-22)19(2)17(23)21(3)18(24)20-19/h4,6,8,12,15H,5,7,9-11,13H2,1-3H3,(H,20,24)/t15-,19-/m1/s1. The zero-order valence-corrected chi connectivity index (χ0v) is 15.2. The molecule has 3 rings (SSSR count). The fourth-order valence-corrected chi connectivity index (χ4v) is 3.80. The first kappa shape index (κ1) is 17.7. The highest BCUT2D eigenvalue weighted by Gasteiger charge is 2.51. The number of aryl methyl sites for hydroxylation is 1. The lowest BCUT2D eigenvalue weighted by Crippen LogP contribution is -2.56. The van der Waals surface area contributed by atoms with Gasteiger partial charge in [-0.05, 0) is 50.9 Å². The number of nitrogens with zero attached hydrogens (tertiary/aromatic N) is 2. The molecule has 0 unspecified atom stereocenters. The average molecular weight is 345 g/mol. The molecule has 1 N–H and O–H groups in total. The minimum atomic E-state index is -0.790. The van der Waals surface area contributed by atoms with E-state index in [2.05, 4.69) is 10.2 Å². The number of nitrogens with one attached hydrogen (secondary N) is 1. The zero-order valence-electron chi connectivity index (χ0n) is 15.2. The molecule has 0 saturated carbocycles. The maximum atomic E-state index is 12.5. The lowest BCUT2D eigenvalue weighted by molar-refractivity contribution is -0.132. The van der Waals surface area contributed by atoms with Crippen LogP contribution in [0.25, 0.3) is 0 Å². The quantitative estimate of drug-likeness (QED) is 0.830. The van der Waals surface area contributed by atoms with Crippen molar-refractivity contribution >= 4 is 11.9 Å². The summed E-state index contributed by atoms with van der Waals surface area (Å²) in [6, 6.07) is 7.74. The van der Waals surface area contributed by atoms with Crippen LogP contribution in [0.5, 0.6) is 5.75 Å². The second-order valence-corrected chi connectivity index (χ2v) is 7.30. The number of imide groups is 1. The van der Waals surface area contributed by atoms with Crippen LogP contribution in [0, 0.1) is 12.8 Å². The van der Waals surface area contributed by atoms with E-state index in [4.69, 9.17) is 4.74 Å². The van der Waals surface area contributed by atoms with E-state index in [1.54, 1.807) is 7.05 Å². The van der Waals surface area contributed by atoms with E-state index < -0.39 is 5.54 Å². The lowest BCUT2D eigenvalue weighted by Gasteiger charge is -2.39. The number of hydrogen-bond donors (Lipinski definition) is 1. The predicted octanol–water partition coefficient (Wildman–Crippen LogP) is 2.03. The molecule has 0 bridgehead atoms. The van der Waals surface area contributed by atoms with Gasteiger partial charge < -0.3 is 10.1 Å². The number of urea groups is 1. The van der Waals surface area contributed by atoms with Crippen LogP contribution in [-0.4, -0.2) is 60.6 Å². The van der Waals surface area contributed by atoms with Crippen LogP contribution in [-0.2, 0) is 4.79 Å². The Hall–Kier alpha value is -2.08. The summed E-state index contributed by atoms with van der Waals surface area (Å²) in [5, 5.41) is 2.89. The minimum Gasteiger partial charge on any atom is -0.492 e. The van der Waals surface area contributed by atoms with Gasteiger partial charge in [0, 0.05) is 26.1 Å². The van der Waals surface area contributed by atoms with Crippen LogP contribution in [0.3, 0.4) is 0 Å². The summed E-state index contributed by atoms with van der Waals surface area (Å²) < 4.78 is 5.84. The van der Waals surface area contributed by atoms with E-state index in [-0.39, 0.29) is 17.9 Å². The van der Waals surface area contributed by atoms with Gasteiger partial charge in [-0.3, -0.25) is 14.6 Å². The molecule has 0 radical (unpaired) electrons. The summed E-state index contributed by atoms with van der Waals surface area (Å²) >= 11 is 0. The first-order valence-electron chi connectivity index (χ1n) is 8.92. The van der Waals surface area contributed by atoms with E-state index >= 15 is 0 Å². The van der Waals surface area contributed by atoms with Gasteiger partial charge in [0.15, 0.2) is 0 Å². The molecule has 136 valence electrons. The monoisotopic (exact) mass is 345 g/mol. The van der Waals surface area contributed by atoms with Crippen LogP contribution >= 0.6 is 0 Å². The molecular weight excluding hydrogens is 318 g/mol. The highest BCUT2D eigenvalue weighted by molar-refractivity contribution is 6.06. The van der Waals surface area contributed by atoms with Gasteiger partial charge in [0.05, 0.1) is 0 Å². The Morgan fingerprint density at radius 3 is 2.84 bits per heavy atom. The molecule has 1 aromatic carbocycles. The van der Waals surface area contributed by atoms with Crippen molar-refractivity contribution < 1.29 is 14.3 Å². The van der Waals surface area contributed by atoms with Gasteiger partial charge in [-0.2, -0.15) is 0 Å². The van der Waals surface area contributed by atoms with E-state index in [1.807, 2.05) is 38.1 Å². The average Bonchev–Trinajstić information content (AvgIpc) is 2.79. The van der Waals surface area contributed by atoms with Gasteiger partial charge in [-0.25, -0.2) is 4.79 Å². The number of carbonyl (C=O) groups is 2. The van der Waals surface area contributed by atoms with Crippen molar-refractivity contribution in [3.63, 3.8) is 0 Å². The highest BCUT2D eigenvalue weighted by atomic mass is 16.5. The summed E-state index contributed by atoms with van der Waals surface area (Å²) in [4.78, 5) is 27.8. The lowest BCUT2D eigenvalue weighted by atomic mass is 9.80. The van der Waals surface area contributed by atoms with Crippen LogP contribution in [0.4, 0.5) is 4.79 Å². The molecule has 2 saturated heterocycles.